The number of benzene rings is 2. The lowest BCUT2D eigenvalue weighted by atomic mass is 10.0. The molecule has 2 fully saturated rings. The van der Waals surface area contributed by atoms with Crippen LogP contribution in [-0.4, -0.2) is 66.1 Å². The van der Waals surface area contributed by atoms with Crippen LogP contribution in [0.15, 0.2) is 47.5 Å². The highest BCUT2D eigenvalue weighted by Crippen LogP contribution is 2.36. The predicted molar refractivity (Wildman–Crippen MR) is 147 cm³/mol. The van der Waals surface area contributed by atoms with Crippen LogP contribution in [0.25, 0.3) is 0 Å². The Kier molecular flexibility index (Phi) is 8.59. The van der Waals surface area contributed by atoms with E-state index in [9.17, 15) is 33.0 Å². The maximum absolute atomic E-state index is 13.3. The second-order valence-electron chi connectivity index (χ2n) is 9.89. The van der Waals surface area contributed by atoms with Crippen LogP contribution in [0.2, 0.25) is 0 Å². The molecule has 1 aliphatic carbocycles. The Hall–Kier alpha value is -3.85. The van der Waals surface area contributed by atoms with Crippen molar-refractivity contribution in [3.63, 3.8) is 0 Å². The van der Waals surface area contributed by atoms with E-state index in [0.29, 0.717) is 38.0 Å². The third-order valence-electron chi connectivity index (χ3n) is 6.85. The van der Waals surface area contributed by atoms with Crippen molar-refractivity contribution in [1.82, 2.24) is 4.98 Å². The molecule has 2 atom stereocenters. The average Bonchev–Trinajstić information content (AvgIpc) is 3.74. The van der Waals surface area contributed by atoms with Crippen LogP contribution in [0.3, 0.4) is 0 Å². The highest BCUT2D eigenvalue weighted by Gasteiger charge is 2.37. The van der Waals surface area contributed by atoms with Crippen molar-refractivity contribution in [3.05, 3.63) is 64.8 Å². The number of esters is 1. The number of ether oxygens (including phenoxy) is 4. The van der Waals surface area contributed by atoms with Crippen LogP contribution in [0, 0.1) is 6.92 Å². The highest BCUT2D eigenvalue weighted by atomic mass is 32.2. The van der Waals surface area contributed by atoms with E-state index < -0.39 is 33.8 Å². The summed E-state index contributed by atoms with van der Waals surface area (Å²) >= 11 is 0.833. The fourth-order valence-electron chi connectivity index (χ4n) is 4.47. The molecule has 2 N–H and O–H groups in total. The number of thiazole rings is 1. The minimum Gasteiger partial charge on any atom is -0.478 e. The van der Waals surface area contributed by atoms with Gasteiger partial charge < -0.3 is 29.2 Å². The Labute approximate surface area is 244 Å². The lowest BCUT2D eigenvalue weighted by molar-refractivity contribution is -0.157. The standard InChI is InChI=1S/C28H27NO11S2/c1-15-21(25(30)31)11-18(12-22(15)26(32)33)38-23-13-29-28(41-23)40-27(34)24(39-17-3-2-10-37-14-17)16-4-6-19(7-5-16)42(35,36)20-8-9-20/h4-7,11-13,17,20,24H,2-3,8-10,14H2,1H3,(H,30,31)(H,32,33). The third kappa shape index (κ3) is 6.62. The molecule has 2 unspecified atom stereocenters. The minimum atomic E-state index is -3.41. The summed E-state index contributed by atoms with van der Waals surface area (Å²) in [4.78, 5) is 40.7. The smallest absolute Gasteiger partial charge is 0.347 e. The summed E-state index contributed by atoms with van der Waals surface area (Å²) in [5.41, 5.74) is 0.0108. The Morgan fingerprint density at radius 3 is 2.29 bits per heavy atom. The number of rotatable bonds is 11. The number of carbonyl (C=O) groups excluding carboxylic acids is 1. The summed E-state index contributed by atoms with van der Waals surface area (Å²) in [6.45, 7) is 2.27. The molecule has 14 heteroatoms. The summed E-state index contributed by atoms with van der Waals surface area (Å²) in [7, 11) is -3.41. The van der Waals surface area contributed by atoms with Gasteiger partial charge in [-0.3, -0.25) is 0 Å². The van der Waals surface area contributed by atoms with Crippen LogP contribution < -0.4 is 9.47 Å². The number of aromatic carboxylic acids is 2. The number of nitrogens with zero attached hydrogens (tertiary/aromatic N) is 1. The molecule has 5 rings (SSSR count). The van der Waals surface area contributed by atoms with Crippen molar-refractivity contribution < 1.29 is 52.0 Å². The predicted octanol–water partition coefficient (Wildman–Crippen LogP) is 4.42. The average molecular weight is 618 g/mol. The van der Waals surface area contributed by atoms with Crippen LogP contribution >= 0.6 is 11.3 Å². The van der Waals surface area contributed by atoms with E-state index in [1.807, 2.05) is 0 Å². The molecular weight excluding hydrogens is 590 g/mol. The Balaban J connectivity index is 1.34. The molecule has 0 bridgehead atoms. The Morgan fingerprint density at radius 1 is 1.05 bits per heavy atom. The van der Waals surface area contributed by atoms with Crippen molar-refractivity contribution >= 4 is 39.1 Å². The first-order chi connectivity index (χ1) is 20.0. The fourth-order valence-corrected chi connectivity index (χ4v) is 6.77. The Morgan fingerprint density at radius 2 is 1.71 bits per heavy atom. The summed E-state index contributed by atoms with van der Waals surface area (Å²) in [6, 6.07) is 8.35. The number of carboxylic acid groups (broad SMARTS) is 2. The van der Waals surface area contributed by atoms with Gasteiger partial charge in [0.2, 0.25) is 5.06 Å². The topological polar surface area (TPSA) is 176 Å². The molecule has 0 spiro atoms. The van der Waals surface area contributed by atoms with Gasteiger partial charge in [-0.05, 0) is 79.3 Å². The summed E-state index contributed by atoms with van der Waals surface area (Å²) in [5, 5.41) is 18.5. The molecule has 2 aliphatic rings. The van der Waals surface area contributed by atoms with Gasteiger partial charge in [0.15, 0.2) is 15.9 Å². The van der Waals surface area contributed by atoms with E-state index in [0.717, 1.165) is 17.8 Å². The lowest BCUT2D eigenvalue weighted by Crippen LogP contribution is -2.31. The number of sulfone groups is 1. The lowest BCUT2D eigenvalue weighted by Gasteiger charge is -2.26. The first-order valence-corrected chi connectivity index (χ1v) is 15.4. The van der Waals surface area contributed by atoms with Crippen molar-refractivity contribution in [3.8, 4) is 16.0 Å². The van der Waals surface area contributed by atoms with Gasteiger partial charge in [-0.2, -0.15) is 0 Å². The van der Waals surface area contributed by atoms with Gasteiger partial charge in [0.1, 0.15) is 5.75 Å². The molecule has 0 amide bonds. The van der Waals surface area contributed by atoms with Gasteiger partial charge >= 0.3 is 17.9 Å². The maximum atomic E-state index is 13.3. The third-order valence-corrected chi connectivity index (χ3v) is 9.88. The van der Waals surface area contributed by atoms with E-state index >= 15 is 0 Å². The minimum absolute atomic E-state index is 0.0447. The van der Waals surface area contributed by atoms with Gasteiger partial charge in [0, 0.05) is 6.61 Å². The van der Waals surface area contributed by atoms with E-state index in [1.165, 1.54) is 49.5 Å². The van der Waals surface area contributed by atoms with E-state index in [2.05, 4.69) is 4.98 Å². The maximum Gasteiger partial charge on any atom is 0.347 e. The van der Waals surface area contributed by atoms with Crippen LogP contribution in [-0.2, 0) is 24.1 Å². The Bertz CT molecular complexity index is 1570. The van der Waals surface area contributed by atoms with Crippen LogP contribution in [0.5, 0.6) is 16.0 Å². The second-order valence-corrected chi connectivity index (χ2v) is 13.1. The molecule has 1 aromatic heterocycles. The molecule has 1 aliphatic heterocycles. The zero-order chi connectivity index (χ0) is 30.0. The summed E-state index contributed by atoms with van der Waals surface area (Å²) in [6.07, 6.45) is 2.36. The summed E-state index contributed by atoms with van der Waals surface area (Å²) < 4.78 is 47.9. The normalized spacial score (nSPS) is 17.8. The fraction of sp³-hybridized carbons (Fsp3) is 0.357. The molecule has 42 heavy (non-hydrogen) atoms. The second kappa shape index (κ2) is 12.2. The molecule has 2 heterocycles. The van der Waals surface area contributed by atoms with Gasteiger partial charge in [-0.1, -0.05) is 12.1 Å². The van der Waals surface area contributed by atoms with Crippen molar-refractivity contribution in [1.29, 1.82) is 0 Å². The molecule has 1 saturated heterocycles. The molecule has 3 aromatic rings. The van der Waals surface area contributed by atoms with Crippen molar-refractivity contribution in [2.45, 2.75) is 55.0 Å². The van der Waals surface area contributed by atoms with Gasteiger partial charge in [-0.25, -0.2) is 27.8 Å². The number of aromatic nitrogens is 1. The molecule has 1 saturated carbocycles. The molecule has 222 valence electrons. The van der Waals surface area contributed by atoms with Crippen molar-refractivity contribution in [2.24, 2.45) is 0 Å². The zero-order valence-electron chi connectivity index (χ0n) is 22.3. The molecule has 12 nitrogen and oxygen atoms in total. The largest absolute Gasteiger partial charge is 0.478 e. The monoisotopic (exact) mass is 617 g/mol. The zero-order valence-corrected chi connectivity index (χ0v) is 24.0. The number of hydrogen-bond donors (Lipinski definition) is 2. The van der Waals surface area contributed by atoms with Crippen LogP contribution in [0.1, 0.15) is 63.6 Å². The number of carbonyl (C=O) groups is 3. The molecular formula is C28H27NO11S2. The molecule has 0 radical (unpaired) electrons. The van der Waals surface area contributed by atoms with Gasteiger partial charge in [0.25, 0.3) is 5.19 Å². The first-order valence-electron chi connectivity index (χ1n) is 13.1. The molecule has 2 aromatic carbocycles. The van der Waals surface area contributed by atoms with Gasteiger partial charge in [0.05, 0.1) is 40.2 Å². The van der Waals surface area contributed by atoms with E-state index in [4.69, 9.17) is 18.9 Å². The number of hydrogen-bond acceptors (Lipinski definition) is 11. The number of carboxylic acids is 2. The van der Waals surface area contributed by atoms with E-state index in [-0.39, 0.29) is 48.9 Å². The SMILES string of the molecule is Cc1c(C(=O)O)cc(Oc2cnc(OC(=O)C(OC3CCCOC3)c3ccc(S(=O)(=O)C4CC4)cc3)s2)cc1C(=O)O. The van der Waals surface area contributed by atoms with E-state index in [1.54, 1.807) is 0 Å². The van der Waals surface area contributed by atoms with Crippen molar-refractivity contribution in [2.75, 3.05) is 13.2 Å². The quantitative estimate of drug-likeness (QED) is 0.290. The first kappa shape index (κ1) is 29.6. The van der Waals surface area contributed by atoms with Crippen LogP contribution in [0.4, 0.5) is 0 Å². The summed E-state index contributed by atoms with van der Waals surface area (Å²) in [5.74, 6) is -3.47. The van der Waals surface area contributed by atoms with Gasteiger partial charge in [-0.15, -0.1) is 0 Å². The highest BCUT2D eigenvalue weighted by molar-refractivity contribution is 7.92.